The van der Waals surface area contributed by atoms with E-state index >= 15 is 0 Å². The first-order chi connectivity index (χ1) is 14.5. The lowest BCUT2D eigenvalue weighted by Gasteiger charge is -2.24. The highest BCUT2D eigenvalue weighted by molar-refractivity contribution is 7.98. The van der Waals surface area contributed by atoms with E-state index in [0.717, 1.165) is 16.0 Å². The lowest BCUT2D eigenvalue weighted by Crippen LogP contribution is -2.39. The maximum Gasteiger partial charge on any atom is 0.338 e. The topological polar surface area (TPSA) is 60.7 Å². The highest BCUT2D eigenvalue weighted by atomic mass is 32.2. The zero-order valence-corrected chi connectivity index (χ0v) is 19.2. The summed E-state index contributed by atoms with van der Waals surface area (Å²) < 4.78 is 7.53. The van der Waals surface area contributed by atoms with Gasteiger partial charge in [0.25, 0.3) is 5.56 Å². The van der Waals surface area contributed by atoms with Crippen LogP contribution in [0.4, 0.5) is 0 Å². The maximum atomic E-state index is 13.4. The lowest BCUT2D eigenvalue weighted by molar-refractivity contribution is -0.139. The number of thioether (sulfide) groups is 1. The number of ether oxygens (including phenoxy) is 1. The minimum atomic E-state index is -0.569. The monoisotopic (exact) mass is 456 g/mol. The van der Waals surface area contributed by atoms with Gasteiger partial charge in [0.15, 0.2) is 4.80 Å². The van der Waals surface area contributed by atoms with Crippen molar-refractivity contribution in [3.8, 4) is 0 Å². The van der Waals surface area contributed by atoms with Gasteiger partial charge in [0, 0.05) is 4.90 Å². The maximum absolute atomic E-state index is 13.4. The van der Waals surface area contributed by atoms with Crippen LogP contribution in [-0.4, -0.2) is 23.4 Å². The van der Waals surface area contributed by atoms with E-state index < -0.39 is 12.0 Å². The molecule has 2 aromatic heterocycles. The Morgan fingerprint density at radius 3 is 2.70 bits per heavy atom. The molecule has 3 aromatic rings. The molecule has 8 heteroatoms. The summed E-state index contributed by atoms with van der Waals surface area (Å²) >= 11 is 4.56. The molecule has 5 nitrogen and oxygen atoms in total. The third-order valence-corrected chi connectivity index (χ3v) is 7.22. The van der Waals surface area contributed by atoms with E-state index in [4.69, 9.17) is 4.74 Å². The fourth-order valence-corrected chi connectivity index (χ4v) is 5.47. The van der Waals surface area contributed by atoms with Gasteiger partial charge in [-0.3, -0.25) is 9.36 Å². The Labute approximate surface area is 186 Å². The molecule has 1 aromatic carbocycles. The Morgan fingerprint density at radius 2 is 2.07 bits per heavy atom. The number of carbonyl (C=O) groups excluding carboxylic acids is 1. The summed E-state index contributed by atoms with van der Waals surface area (Å²) in [7, 11) is 0. The zero-order chi connectivity index (χ0) is 21.3. The first kappa shape index (κ1) is 20.8. The van der Waals surface area contributed by atoms with Crippen molar-refractivity contribution in [2.75, 3.05) is 12.9 Å². The standard InChI is InChI=1S/C22H20N2O3S3/c1-4-27-21(26)18-13(2)23-22-24(19(18)15-5-7-16(28-3)8-6-15)20(25)17(30-22)11-14-9-10-29-12-14/h5-12,19H,4H2,1-3H3/b17-11+/t19-/m1/s1. The van der Waals surface area contributed by atoms with Gasteiger partial charge in [-0.25, -0.2) is 9.79 Å². The molecule has 1 atom stereocenters. The van der Waals surface area contributed by atoms with Crippen LogP contribution in [-0.2, 0) is 9.53 Å². The molecular weight excluding hydrogens is 436 g/mol. The summed E-state index contributed by atoms with van der Waals surface area (Å²) in [6.07, 6.45) is 3.88. The minimum Gasteiger partial charge on any atom is -0.463 e. The van der Waals surface area contributed by atoms with Crippen molar-refractivity contribution in [1.82, 2.24) is 4.57 Å². The first-order valence-electron chi connectivity index (χ1n) is 9.39. The summed E-state index contributed by atoms with van der Waals surface area (Å²) in [5.74, 6) is -0.440. The van der Waals surface area contributed by atoms with Gasteiger partial charge in [-0.2, -0.15) is 11.3 Å². The van der Waals surface area contributed by atoms with Crippen LogP contribution in [0.15, 0.2) is 67.0 Å². The molecule has 0 N–H and O–H groups in total. The second kappa shape index (κ2) is 8.75. The number of fused-ring (bicyclic) bond motifs is 1. The number of aromatic nitrogens is 1. The van der Waals surface area contributed by atoms with Gasteiger partial charge >= 0.3 is 5.97 Å². The molecule has 0 unspecified atom stereocenters. The van der Waals surface area contributed by atoms with E-state index in [1.165, 1.54) is 11.3 Å². The number of allylic oxidation sites excluding steroid dienone is 1. The molecule has 1 aliphatic heterocycles. The quantitative estimate of drug-likeness (QED) is 0.435. The number of rotatable bonds is 5. The molecule has 30 heavy (non-hydrogen) atoms. The predicted molar refractivity (Wildman–Crippen MR) is 123 cm³/mol. The number of thiazole rings is 1. The van der Waals surface area contributed by atoms with Crippen molar-refractivity contribution < 1.29 is 9.53 Å². The molecule has 0 fully saturated rings. The molecule has 0 spiro atoms. The minimum absolute atomic E-state index is 0.154. The molecule has 0 saturated heterocycles. The van der Waals surface area contributed by atoms with Crippen LogP contribution in [0, 0.1) is 0 Å². The van der Waals surface area contributed by atoms with Crippen LogP contribution in [0.1, 0.15) is 31.0 Å². The van der Waals surface area contributed by atoms with Gasteiger partial charge < -0.3 is 4.74 Å². The Kier molecular flexibility index (Phi) is 6.08. The second-order valence-corrected chi connectivity index (χ2v) is 9.30. The van der Waals surface area contributed by atoms with Crippen molar-refractivity contribution in [1.29, 1.82) is 0 Å². The van der Waals surface area contributed by atoms with E-state index in [0.29, 0.717) is 20.6 Å². The van der Waals surface area contributed by atoms with Crippen LogP contribution >= 0.6 is 34.4 Å². The fourth-order valence-electron chi connectivity index (χ4n) is 3.40. The molecule has 154 valence electrons. The van der Waals surface area contributed by atoms with Crippen molar-refractivity contribution >= 4 is 46.5 Å². The van der Waals surface area contributed by atoms with Gasteiger partial charge in [0.05, 0.1) is 28.5 Å². The summed E-state index contributed by atoms with van der Waals surface area (Å²) in [5, 5.41) is 3.97. The molecular formula is C22H20N2O3S3. The fraction of sp³-hybridized carbons (Fsp3) is 0.227. The van der Waals surface area contributed by atoms with Gasteiger partial charge in [-0.15, -0.1) is 11.8 Å². The summed E-state index contributed by atoms with van der Waals surface area (Å²) in [5.41, 5.74) is 2.66. The van der Waals surface area contributed by atoms with E-state index in [2.05, 4.69) is 4.99 Å². The number of esters is 1. The first-order valence-corrected chi connectivity index (χ1v) is 12.4. The number of thiophene rings is 1. The molecule has 0 radical (unpaired) electrons. The number of hydrogen-bond donors (Lipinski definition) is 0. The zero-order valence-electron chi connectivity index (χ0n) is 16.7. The molecule has 0 bridgehead atoms. The summed E-state index contributed by atoms with van der Waals surface area (Å²) in [6.45, 7) is 3.83. The van der Waals surface area contributed by atoms with Crippen molar-refractivity contribution in [3.63, 3.8) is 0 Å². The number of benzene rings is 1. The second-order valence-electron chi connectivity index (χ2n) is 6.63. The van der Waals surface area contributed by atoms with Crippen molar-refractivity contribution in [2.45, 2.75) is 24.8 Å². The van der Waals surface area contributed by atoms with E-state index in [-0.39, 0.29) is 12.2 Å². The predicted octanol–water partition coefficient (Wildman–Crippen LogP) is 3.58. The Morgan fingerprint density at radius 1 is 1.30 bits per heavy atom. The van der Waals surface area contributed by atoms with Gasteiger partial charge in [0.1, 0.15) is 0 Å². The van der Waals surface area contributed by atoms with E-state index in [1.54, 1.807) is 41.5 Å². The molecule has 3 heterocycles. The van der Waals surface area contributed by atoms with E-state index in [1.807, 2.05) is 53.4 Å². The average Bonchev–Trinajstić information content (AvgIpc) is 3.36. The molecule has 4 rings (SSSR count). The van der Waals surface area contributed by atoms with Gasteiger partial charge in [-0.05, 0) is 66.3 Å². The van der Waals surface area contributed by atoms with Crippen molar-refractivity contribution in [2.24, 2.45) is 4.99 Å². The molecule has 0 saturated carbocycles. The SMILES string of the molecule is CCOC(=O)C1=C(C)N=c2s/c(=C/c3ccsc3)c(=O)n2[C@@H]1c1ccc(SC)cc1. The third-order valence-electron chi connectivity index (χ3n) is 4.79. The summed E-state index contributed by atoms with van der Waals surface area (Å²) in [6, 6.07) is 9.32. The third kappa shape index (κ3) is 3.82. The highest BCUT2D eigenvalue weighted by Crippen LogP contribution is 2.31. The number of carbonyl (C=O) groups is 1. The van der Waals surface area contributed by atoms with Crippen LogP contribution < -0.4 is 14.9 Å². The van der Waals surface area contributed by atoms with E-state index in [9.17, 15) is 9.59 Å². The van der Waals surface area contributed by atoms with Crippen LogP contribution in [0.2, 0.25) is 0 Å². The Hall–Kier alpha value is -2.42. The average molecular weight is 457 g/mol. The highest BCUT2D eigenvalue weighted by Gasteiger charge is 2.33. The molecule has 1 aliphatic rings. The van der Waals surface area contributed by atoms with Crippen LogP contribution in [0.3, 0.4) is 0 Å². The summed E-state index contributed by atoms with van der Waals surface area (Å²) in [4.78, 5) is 32.5. The largest absolute Gasteiger partial charge is 0.463 e. The Bertz CT molecular complexity index is 1280. The van der Waals surface area contributed by atoms with Crippen molar-refractivity contribution in [3.05, 3.63) is 83.2 Å². The number of hydrogen-bond acceptors (Lipinski definition) is 7. The molecule has 0 aliphatic carbocycles. The van der Waals surface area contributed by atoms with Gasteiger partial charge in [0.2, 0.25) is 0 Å². The van der Waals surface area contributed by atoms with Gasteiger partial charge in [-0.1, -0.05) is 23.5 Å². The number of nitrogens with zero attached hydrogens (tertiary/aromatic N) is 2. The smallest absolute Gasteiger partial charge is 0.338 e. The molecule has 0 amide bonds. The van der Waals surface area contributed by atoms with Crippen LogP contribution in [0.5, 0.6) is 0 Å². The van der Waals surface area contributed by atoms with Crippen LogP contribution in [0.25, 0.3) is 6.08 Å². The Balaban J connectivity index is 1.95. The normalized spacial score (nSPS) is 16.4. The lowest BCUT2D eigenvalue weighted by atomic mass is 9.96.